The number of benzene rings is 1. The van der Waals surface area contributed by atoms with Crippen LogP contribution in [-0.2, 0) is 17.6 Å². The Bertz CT molecular complexity index is 497. The average molecular weight is 247 g/mol. The Balaban J connectivity index is 1.96. The van der Waals surface area contributed by atoms with Gasteiger partial charge < -0.3 is 0 Å². The number of Topliss-reactive ketones (excluding diaryl/α,β-unsaturated/α-hetero) is 1. The van der Waals surface area contributed by atoms with E-state index in [1.165, 1.54) is 0 Å². The summed E-state index contributed by atoms with van der Waals surface area (Å²) in [6, 6.07) is 13.0. The van der Waals surface area contributed by atoms with E-state index in [0.717, 1.165) is 5.56 Å². The summed E-state index contributed by atoms with van der Waals surface area (Å²) in [6.45, 7) is 0. The monoisotopic (exact) mass is 246 g/mol. The van der Waals surface area contributed by atoms with Crippen molar-refractivity contribution in [2.45, 2.75) is 12.8 Å². The number of hydrogen-bond donors (Lipinski definition) is 0. The van der Waals surface area contributed by atoms with Gasteiger partial charge in [-0.25, -0.2) is 0 Å². The van der Waals surface area contributed by atoms with E-state index in [2.05, 4.69) is 10.2 Å². The molecule has 0 aliphatic rings. The second-order valence-corrected chi connectivity index (χ2v) is 4.11. The summed E-state index contributed by atoms with van der Waals surface area (Å²) in [5.41, 5.74) is 1.66. The zero-order valence-electron chi connectivity index (χ0n) is 9.14. The van der Waals surface area contributed by atoms with Crippen LogP contribution >= 0.6 is 11.6 Å². The van der Waals surface area contributed by atoms with E-state index < -0.39 is 0 Å². The topological polar surface area (TPSA) is 42.9 Å². The molecule has 0 aliphatic carbocycles. The lowest BCUT2D eigenvalue weighted by atomic mass is 10.1. The van der Waals surface area contributed by atoms with Crippen LogP contribution in [0.5, 0.6) is 0 Å². The van der Waals surface area contributed by atoms with Crippen LogP contribution in [0.3, 0.4) is 0 Å². The Morgan fingerprint density at radius 2 is 1.76 bits per heavy atom. The smallest absolute Gasteiger partial charge is 0.151 e. The molecule has 0 saturated heterocycles. The van der Waals surface area contributed by atoms with Crippen molar-refractivity contribution in [1.82, 2.24) is 10.2 Å². The maximum absolute atomic E-state index is 11.8. The van der Waals surface area contributed by atoms with Crippen LogP contribution in [0.2, 0.25) is 5.15 Å². The zero-order chi connectivity index (χ0) is 12.1. The number of rotatable bonds is 4. The molecule has 0 amide bonds. The minimum absolute atomic E-state index is 0.118. The lowest BCUT2D eigenvalue weighted by Gasteiger charge is -2.00. The van der Waals surface area contributed by atoms with Crippen LogP contribution in [0.15, 0.2) is 42.5 Å². The van der Waals surface area contributed by atoms with Crippen LogP contribution < -0.4 is 0 Å². The Morgan fingerprint density at radius 1 is 1.00 bits per heavy atom. The van der Waals surface area contributed by atoms with Gasteiger partial charge in [0.15, 0.2) is 5.15 Å². The molecule has 0 N–H and O–H groups in total. The molecule has 1 heterocycles. The highest BCUT2D eigenvalue weighted by Crippen LogP contribution is 2.06. The molecule has 0 atom stereocenters. The van der Waals surface area contributed by atoms with Crippen LogP contribution in [0.4, 0.5) is 0 Å². The van der Waals surface area contributed by atoms with Crippen molar-refractivity contribution in [3.8, 4) is 0 Å². The fourth-order valence-electron chi connectivity index (χ4n) is 1.53. The molecule has 2 rings (SSSR count). The van der Waals surface area contributed by atoms with Crippen molar-refractivity contribution in [3.63, 3.8) is 0 Å². The molecular weight excluding hydrogens is 236 g/mol. The van der Waals surface area contributed by atoms with E-state index in [0.29, 0.717) is 23.7 Å². The maximum Gasteiger partial charge on any atom is 0.151 e. The first-order valence-electron chi connectivity index (χ1n) is 5.28. The second-order valence-electron chi connectivity index (χ2n) is 3.73. The SMILES string of the molecule is O=C(Cc1ccccc1)Cc1ccc(Cl)nn1. The predicted molar refractivity (Wildman–Crippen MR) is 65.9 cm³/mol. The minimum Gasteiger partial charge on any atom is -0.299 e. The third kappa shape index (κ3) is 3.64. The molecule has 17 heavy (non-hydrogen) atoms. The molecule has 0 spiro atoms. The summed E-state index contributed by atoms with van der Waals surface area (Å²) in [5, 5.41) is 7.90. The third-order valence-corrected chi connectivity index (χ3v) is 2.51. The van der Waals surface area contributed by atoms with Gasteiger partial charge in [0.05, 0.1) is 12.1 Å². The highest BCUT2D eigenvalue weighted by atomic mass is 35.5. The molecule has 0 radical (unpaired) electrons. The summed E-state index contributed by atoms with van der Waals surface area (Å²) in [6.07, 6.45) is 0.713. The minimum atomic E-state index is 0.118. The maximum atomic E-state index is 11.8. The number of nitrogens with zero attached hydrogens (tertiary/aromatic N) is 2. The Morgan fingerprint density at radius 3 is 2.41 bits per heavy atom. The summed E-state index contributed by atoms with van der Waals surface area (Å²) in [5.74, 6) is 0.118. The molecule has 0 fully saturated rings. The normalized spacial score (nSPS) is 10.2. The van der Waals surface area contributed by atoms with E-state index in [1.54, 1.807) is 12.1 Å². The van der Waals surface area contributed by atoms with Gasteiger partial charge in [-0.15, -0.1) is 5.10 Å². The zero-order valence-corrected chi connectivity index (χ0v) is 9.89. The average Bonchev–Trinajstić information content (AvgIpc) is 2.33. The number of halogens is 1. The van der Waals surface area contributed by atoms with E-state index in [4.69, 9.17) is 11.6 Å². The van der Waals surface area contributed by atoms with Crippen LogP contribution in [0.1, 0.15) is 11.3 Å². The number of aromatic nitrogens is 2. The summed E-state index contributed by atoms with van der Waals surface area (Å²) >= 11 is 5.62. The first-order valence-corrected chi connectivity index (χ1v) is 5.65. The van der Waals surface area contributed by atoms with Crippen molar-refractivity contribution in [3.05, 3.63) is 58.9 Å². The fraction of sp³-hybridized carbons (Fsp3) is 0.154. The largest absolute Gasteiger partial charge is 0.299 e. The lowest BCUT2D eigenvalue weighted by molar-refractivity contribution is -0.117. The number of carbonyl (C=O) groups is 1. The van der Waals surface area contributed by atoms with Crippen molar-refractivity contribution < 1.29 is 4.79 Å². The third-order valence-electron chi connectivity index (χ3n) is 2.31. The fourth-order valence-corrected chi connectivity index (χ4v) is 1.63. The van der Waals surface area contributed by atoms with Gasteiger partial charge in [0.1, 0.15) is 5.78 Å². The molecule has 1 aromatic carbocycles. The number of ketones is 1. The van der Waals surface area contributed by atoms with E-state index in [9.17, 15) is 4.79 Å². The molecule has 0 aliphatic heterocycles. The summed E-state index contributed by atoms with van der Waals surface area (Å²) in [4.78, 5) is 11.8. The van der Waals surface area contributed by atoms with Gasteiger partial charge in [-0.05, 0) is 17.7 Å². The molecule has 4 heteroatoms. The van der Waals surface area contributed by atoms with E-state index >= 15 is 0 Å². The van der Waals surface area contributed by atoms with Gasteiger partial charge in [-0.2, -0.15) is 5.10 Å². The predicted octanol–water partition coefficient (Wildman–Crippen LogP) is 2.48. The molecule has 0 unspecified atom stereocenters. The van der Waals surface area contributed by atoms with Crippen molar-refractivity contribution in [1.29, 1.82) is 0 Å². The van der Waals surface area contributed by atoms with Crippen LogP contribution in [0.25, 0.3) is 0 Å². The molecule has 2 aromatic rings. The van der Waals surface area contributed by atoms with Gasteiger partial charge in [0.2, 0.25) is 0 Å². The molecule has 0 bridgehead atoms. The molecule has 3 nitrogen and oxygen atoms in total. The van der Waals surface area contributed by atoms with Gasteiger partial charge in [0.25, 0.3) is 0 Å². The first kappa shape index (κ1) is 11.7. The van der Waals surface area contributed by atoms with Gasteiger partial charge in [0, 0.05) is 6.42 Å². The van der Waals surface area contributed by atoms with Crippen molar-refractivity contribution in [2.75, 3.05) is 0 Å². The van der Waals surface area contributed by atoms with Crippen LogP contribution in [-0.4, -0.2) is 16.0 Å². The second kappa shape index (κ2) is 5.55. The molecular formula is C13H11ClN2O. The van der Waals surface area contributed by atoms with Crippen molar-refractivity contribution in [2.24, 2.45) is 0 Å². The Hall–Kier alpha value is -1.74. The van der Waals surface area contributed by atoms with Crippen molar-refractivity contribution >= 4 is 17.4 Å². The number of hydrogen-bond acceptors (Lipinski definition) is 3. The molecule has 1 aromatic heterocycles. The van der Waals surface area contributed by atoms with Gasteiger partial charge >= 0.3 is 0 Å². The van der Waals surface area contributed by atoms with Crippen LogP contribution in [0, 0.1) is 0 Å². The Labute approximate surface area is 104 Å². The van der Waals surface area contributed by atoms with Gasteiger partial charge in [-0.1, -0.05) is 41.9 Å². The highest BCUT2D eigenvalue weighted by molar-refractivity contribution is 6.29. The first-order chi connectivity index (χ1) is 8.24. The van der Waals surface area contributed by atoms with Gasteiger partial charge in [-0.3, -0.25) is 4.79 Å². The highest BCUT2D eigenvalue weighted by Gasteiger charge is 2.06. The summed E-state index contributed by atoms with van der Waals surface area (Å²) in [7, 11) is 0. The number of carbonyl (C=O) groups excluding carboxylic acids is 1. The Kier molecular flexibility index (Phi) is 3.83. The standard InChI is InChI=1S/C13H11ClN2O/c14-13-7-6-11(15-16-13)9-12(17)8-10-4-2-1-3-5-10/h1-7H,8-9H2. The quantitative estimate of drug-likeness (QED) is 0.832. The lowest BCUT2D eigenvalue weighted by Crippen LogP contribution is -2.08. The molecule has 0 saturated carbocycles. The molecule has 86 valence electrons. The van der Waals surface area contributed by atoms with E-state index in [1.807, 2.05) is 30.3 Å². The van der Waals surface area contributed by atoms with E-state index in [-0.39, 0.29) is 5.78 Å². The summed E-state index contributed by atoms with van der Waals surface area (Å²) < 4.78 is 0.